The van der Waals surface area contributed by atoms with Crippen LogP contribution in [0.3, 0.4) is 0 Å². The first-order valence-electron chi connectivity index (χ1n) is 6.26. The number of hydrogen-bond acceptors (Lipinski definition) is 3. The molecule has 0 heterocycles. The number of rotatable bonds is 5. The minimum Gasteiger partial charge on any atom is -0.478 e. The Bertz CT molecular complexity index is 562. The monoisotopic (exact) mass is 300 g/mol. The first-order valence-corrected chi connectivity index (χ1v) is 6.26. The lowest BCUT2D eigenvalue weighted by Gasteiger charge is -2.29. The summed E-state index contributed by atoms with van der Waals surface area (Å²) < 4.78 is 38.0. The lowest BCUT2D eigenvalue weighted by Crippen LogP contribution is -2.33. The Balaban J connectivity index is 3.34. The molecule has 1 rings (SSSR count). The van der Waals surface area contributed by atoms with Crippen LogP contribution in [0.5, 0.6) is 0 Å². The summed E-state index contributed by atoms with van der Waals surface area (Å²) in [5.41, 5.74) is -1.25. The Morgan fingerprint density at radius 2 is 2.05 bits per heavy atom. The van der Waals surface area contributed by atoms with Crippen LogP contribution in [0, 0.1) is 11.3 Å². The minimum atomic E-state index is -4.60. The number of carboxylic acids is 1. The molecule has 0 aliphatic heterocycles. The van der Waals surface area contributed by atoms with Crippen LogP contribution in [0.4, 0.5) is 18.9 Å². The predicted octanol–water partition coefficient (Wildman–Crippen LogP) is 3.53. The quantitative estimate of drug-likeness (QED) is 0.903. The van der Waals surface area contributed by atoms with E-state index in [0.717, 1.165) is 12.1 Å². The van der Waals surface area contributed by atoms with Crippen molar-refractivity contribution in [2.45, 2.75) is 32.5 Å². The van der Waals surface area contributed by atoms with E-state index in [1.807, 2.05) is 6.07 Å². The van der Waals surface area contributed by atoms with E-state index in [1.54, 1.807) is 18.7 Å². The van der Waals surface area contributed by atoms with Crippen LogP contribution in [0.25, 0.3) is 0 Å². The Hall–Kier alpha value is -2.23. The maximum atomic E-state index is 12.7. The number of halogens is 3. The second kappa shape index (κ2) is 6.48. The van der Waals surface area contributed by atoms with Crippen molar-refractivity contribution >= 4 is 11.7 Å². The number of benzene rings is 1. The van der Waals surface area contributed by atoms with E-state index >= 15 is 0 Å². The van der Waals surface area contributed by atoms with Crippen molar-refractivity contribution in [3.05, 3.63) is 29.3 Å². The van der Waals surface area contributed by atoms with Crippen LogP contribution in [-0.4, -0.2) is 23.7 Å². The van der Waals surface area contributed by atoms with Crippen LogP contribution in [0.15, 0.2) is 18.2 Å². The number of anilines is 1. The van der Waals surface area contributed by atoms with Gasteiger partial charge in [-0.25, -0.2) is 4.79 Å². The standard InChI is InChI=1S/C14H15F3N2O2/c1-9(2)19(7-3-6-18)12-5-4-10(14(15,16)17)8-11(12)13(20)21/h4-5,8-9H,3,7H2,1-2H3,(H,20,21). The van der Waals surface area contributed by atoms with Crippen LogP contribution >= 0.6 is 0 Å². The Morgan fingerprint density at radius 3 is 2.48 bits per heavy atom. The topological polar surface area (TPSA) is 64.3 Å². The van der Waals surface area contributed by atoms with E-state index < -0.39 is 23.3 Å². The van der Waals surface area contributed by atoms with Crippen molar-refractivity contribution in [1.82, 2.24) is 0 Å². The summed E-state index contributed by atoms with van der Waals surface area (Å²) in [4.78, 5) is 12.8. The van der Waals surface area contributed by atoms with Gasteiger partial charge in [0.1, 0.15) is 0 Å². The molecule has 7 heteroatoms. The number of hydrogen-bond donors (Lipinski definition) is 1. The summed E-state index contributed by atoms with van der Waals surface area (Å²) in [5, 5.41) is 17.8. The second-order valence-electron chi connectivity index (χ2n) is 4.73. The summed E-state index contributed by atoms with van der Waals surface area (Å²) in [5.74, 6) is -1.43. The zero-order chi connectivity index (χ0) is 16.2. The SMILES string of the molecule is CC(C)N(CCC#N)c1ccc(C(F)(F)F)cc1C(=O)O. The smallest absolute Gasteiger partial charge is 0.416 e. The average Bonchev–Trinajstić information content (AvgIpc) is 2.37. The molecule has 0 aliphatic rings. The third-order valence-corrected chi connectivity index (χ3v) is 2.95. The van der Waals surface area contributed by atoms with Crippen LogP contribution in [0.2, 0.25) is 0 Å². The molecule has 0 unspecified atom stereocenters. The summed E-state index contributed by atoms with van der Waals surface area (Å²) in [6, 6.07) is 4.41. The Labute approximate surface area is 120 Å². The first kappa shape index (κ1) is 16.8. The number of nitrogens with zero attached hydrogens (tertiary/aromatic N) is 2. The molecule has 1 aromatic carbocycles. The van der Waals surface area contributed by atoms with Gasteiger partial charge in [-0.05, 0) is 32.0 Å². The van der Waals surface area contributed by atoms with Gasteiger partial charge in [-0.2, -0.15) is 18.4 Å². The second-order valence-corrected chi connectivity index (χ2v) is 4.73. The number of alkyl halides is 3. The lowest BCUT2D eigenvalue weighted by atomic mass is 10.1. The molecular weight excluding hydrogens is 285 g/mol. The van der Waals surface area contributed by atoms with Crippen molar-refractivity contribution in [3.8, 4) is 6.07 Å². The fourth-order valence-electron chi connectivity index (χ4n) is 1.96. The van der Waals surface area contributed by atoms with Gasteiger partial charge in [0, 0.05) is 12.6 Å². The van der Waals surface area contributed by atoms with Gasteiger partial charge in [0.15, 0.2) is 0 Å². The van der Waals surface area contributed by atoms with Crippen molar-refractivity contribution in [1.29, 1.82) is 5.26 Å². The molecule has 0 aromatic heterocycles. The first-order chi connectivity index (χ1) is 9.68. The van der Waals surface area contributed by atoms with Crippen molar-refractivity contribution < 1.29 is 23.1 Å². The fraction of sp³-hybridized carbons (Fsp3) is 0.429. The van der Waals surface area contributed by atoms with E-state index in [4.69, 9.17) is 10.4 Å². The average molecular weight is 300 g/mol. The highest BCUT2D eigenvalue weighted by molar-refractivity contribution is 5.94. The van der Waals surface area contributed by atoms with Gasteiger partial charge in [-0.3, -0.25) is 0 Å². The van der Waals surface area contributed by atoms with E-state index in [2.05, 4.69) is 0 Å². The molecule has 0 saturated carbocycles. The molecule has 0 bridgehead atoms. The van der Waals surface area contributed by atoms with E-state index in [-0.39, 0.29) is 24.7 Å². The molecule has 1 aromatic rings. The molecule has 0 aliphatic carbocycles. The summed E-state index contributed by atoms with van der Waals surface area (Å²) in [6.07, 6.45) is -4.45. The van der Waals surface area contributed by atoms with Gasteiger partial charge < -0.3 is 10.0 Å². The zero-order valence-corrected chi connectivity index (χ0v) is 11.6. The van der Waals surface area contributed by atoms with Gasteiger partial charge in [-0.15, -0.1) is 0 Å². The minimum absolute atomic E-state index is 0.145. The molecule has 0 amide bonds. The third kappa shape index (κ3) is 4.12. The number of carbonyl (C=O) groups is 1. The predicted molar refractivity (Wildman–Crippen MR) is 71.1 cm³/mol. The van der Waals surface area contributed by atoms with Crippen molar-refractivity contribution in [3.63, 3.8) is 0 Å². The number of carboxylic acid groups (broad SMARTS) is 1. The van der Waals surface area contributed by atoms with Crippen LogP contribution in [0.1, 0.15) is 36.2 Å². The number of aromatic carboxylic acids is 1. The van der Waals surface area contributed by atoms with Crippen LogP contribution < -0.4 is 4.90 Å². The van der Waals surface area contributed by atoms with E-state index in [9.17, 15) is 18.0 Å². The Morgan fingerprint density at radius 1 is 1.43 bits per heavy atom. The van der Waals surface area contributed by atoms with E-state index in [0.29, 0.717) is 6.07 Å². The van der Waals surface area contributed by atoms with Crippen molar-refractivity contribution in [2.24, 2.45) is 0 Å². The zero-order valence-electron chi connectivity index (χ0n) is 11.6. The molecule has 1 N–H and O–H groups in total. The summed E-state index contributed by atoms with van der Waals surface area (Å²) in [7, 11) is 0. The Kier molecular flexibility index (Phi) is 5.19. The molecular formula is C14H15F3N2O2. The highest BCUT2D eigenvalue weighted by Gasteiger charge is 2.32. The van der Waals surface area contributed by atoms with Gasteiger partial charge >= 0.3 is 12.1 Å². The maximum absolute atomic E-state index is 12.7. The highest BCUT2D eigenvalue weighted by atomic mass is 19.4. The van der Waals surface area contributed by atoms with Gasteiger partial charge in [0.25, 0.3) is 0 Å². The van der Waals surface area contributed by atoms with Gasteiger partial charge in [-0.1, -0.05) is 0 Å². The van der Waals surface area contributed by atoms with E-state index in [1.165, 1.54) is 0 Å². The maximum Gasteiger partial charge on any atom is 0.416 e. The van der Waals surface area contributed by atoms with Gasteiger partial charge in [0.05, 0.1) is 29.3 Å². The van der Waals surface area contributed by atoms with Gasteiger partial charge in [0.2, 0.25) is 0 Å². The molecule has 0 radical (unpaired) electrons. The molecule has 4 nitrogen and oxygen atoms in total. The molecule has 0 fully saturated rings. The van der Waals surface area contributed by atoms with Crippen molar-refractivity contribution in [2.75, 3.05) is 11.4 Å². The lowest BCUT2D eigenvalue weighted by molar-refractivity contribution is -0.137. The largest absolute Gasteiger partial charge is 0.478 e. The molecule has 0 spiro atoms. The number of nitriles is 1. The normalized spacial score (nSPS) is 11.3. The summed E-state index contributed by atoms with van der Waals surface area (Å²) >= 11 is 0. The van der Waals surface area contributed by atoms with Crippen LogP contribution in [-0.2, 0) is 6.18 Å². The summed E-state index contributed by atoms with van der Waals surface area (Å²) in [6.45, 7) is 3.81. The highest BCUT2D eigenvalue weighted by Crippen LogP contribution is 2.33. The molecule has 114 valence electrons. The molecule has 0 saturated heterocycles. The third-order valence-electron chi connectivity index (χ3n) is 2.95. The molecule has 21 heavy (non-hydrogen) atoms. The molecule has 0 atom stereocenters. The fourth-order valence-corrected chi connectivity index (χ4v) is 1.96.